The molecule has 1 atom stereocenters. The molecule has 4 heteroatoms. The van der Waals surface area contributed by atoms with Crippen molar-refractivity contribution >= 4 is 11.8 Å². The Morgan fingerprint density at radius 2 is 2.47 bits per heavy atom. The molecule has 0 radical (unpaired) electrons. The second-order valence-corrected chi connectivity index (χ2v) is 5.45. The van der Waals surface area contributed by atoms with Crippen molar-refractivity contribution in [3.8, 4) is 0 Å². The molecular formula is C11H17N3S. The minimum Gasteiger partial charge on any atom is -0.331 e. The molecule has 0 amide bonds. The van der Waals surface area contributed by atoms with Crippen molar-refractivity contribution in [3.63, 3.8) is 0 Å². The molecule has 2 aliphatic rings. The summed E-state index contributed by atoms with van der Waals surface area (Å²) in [6.45, 7) is 2.30. The van der Waals surface area contributed by atoms with Crippen LogP contribution in [0.25, 0.3) is 0 Å². The molecule has 3 heterocycles. The first-order chi connectivity index (χ1) is 7.45. The van der Waals surface area contributed by atoms with Crippen molar-refractivity contribution in [1.82, 2.24) is 14.9 Å². The summed E-state index contributed by atoms with van der Waals surface area (Å²) in [6, 6.07) is 0.482. The van der Waals surface area contributed by atoms with E-state index in [1.807, 2.05) is 11.8 Å². The predicted octanol–water partition coefficient (Wildman–Crippen LogP) is 1.60. The lowest BCUT2D eigenvalue weighted by Gasteiger charge is -2.25. The minimum absolute atomic E-state index is 0.482. The van der Waals surface area contributed by atoms with Gasteiger partial charge >= 0.3 is 0 Å². The maximum Gasteiger partial charge on any atom is 0.126 e. The van der Waals surface area contributed by atoms with Crippen LogP contribution in [0.5, 0.6) is 0 Å². The number of hydrogen-bond donors (Lipinski definition) is 1. The maximum atomic E-state index is 4.61. The number of imidazole rings is 1. The third-order valence-corrected chi connectivity index (χ3v) is 4.33. The number of rotatable bonds is 1. The number of nitrogens with one attached hydrogen (secondary N) is 1. The van der Waals surface area contributed by atoms with E-state index in [0.717, 1.165) is 6.54 Å². The van der Waals surface area contributed by atoms with E-state index in [9.17, 15) is 0 Å². The van der Waals surface area contributed by atoms with Crippen LogP contribution in [0.15, 0.2) is 6.20 Å². The number of hydrogen-bond acceptors (Lipinski definition) is 3. The molecule has 82 valence electrons. The van der Waals surface area contributed by atoms with Gasteiger partial charge in [0.05, 0.1) is 6.04 Å². The molecule has 0 spiro atoms. The molecule has 3 nitrogen and oxygen atoms in total. The highest BCUT2D eigenvalue weighted by Crippen LogP contribution is 2.25. The Hall–Kier alpha value is -0.480. The standard InChI is InChI=1S/C11H17N3S/c1-2-5-14-9(3-1)7-13-11(14)10-8-15-6-4-12-10/h7,10,12H,1-6,8H2. The van der Waals surface area contributed by atoms with Gasteiger partial charge in [-0.2, -0.15) is 11.8 Å². The van der Waals surface area contributed by atoms with Gasteiger partial charge in [0.25, 0.3) is 0 Å². The van der Waals surface area contributed by atoms with E-state index >= 15 is 0 Å². The van der Waals surface area contributed by atoms with E-state index < -0.39 is 0 Å². The molecule has 1 aromatic heterocycles. The van der Waals surface area contributed by atoms with Gasteiger partial charge in [-0.05, 0) is 19.3 Å². The molecule has 3 rings (SSSR count). The molecule has 1 aromatic rings. The molecule has 1 N–H and O–H groups in total. The van der Waals surface area contributed by atoms with Gasteiger partial charge in [-0.1, -0.05) is 0 Å². The van der Waals surface area contributed by atoms with Crippen molar-refractivity contribution < 1.29 is 0 Å². The number of aryl methyl sites for hydroxylation is 1. The zero-order valence-corrected chi connectivity index (χ0v) is 9.72. The zero-order valence-electron chi connectivity index (χ0n) is 8.91. The van der Waals surface area contributed by atoms with Gasteiger partial charge in [-0.25, -0.2) is 4.98 Å². The Morgan fingerprint density at radius 1 is 1.47 bits per heavy atom. The summed E-state index contributed by atoms with van der Waals surface area (Å²) in [5.74, 6) is 3.69. The highest BCUT2D eigenvalue weighted by atomic mass is 32.2. The first-order valence-corrected chi connectivity index (χ1v) is 6.96. The summed E-state index contributed by atoms with van der Waals surface area (Å²) >= 11 is 2.04. The molecule has 0 aromatic carbocycles. The lowest BCUT2D eigenvalue weighted by atomic mass is 10.1. The molecule has 0 bridgehead atoms. The van der Waals surface area contributed by atoms with E-state index in [1.54, 1.807) is 0 Å². The Bertz CT molecular complexity index is 342. The van der Waals surface area contributed by atoms with E-state index in [-0.39, 0.29) is 0 Å². The average molecular weight is 223 g/mol. The fourth-order valence-electron chi connectivity index (χ4n) is 2.47. The topological polar surface area (TPSA) is 29.9 Å². The summed E-state index contributed by atoms with van der Waals surface area (Å²) in [6.07, 6.45) is 5.94. The van der Waals surface area contributed by atoms with Crippen molar-refractivity contribution in [2.75, 3.05) is 18.1 Å². The van der Waals surface area contributed by atoms with E-state index in [4.69, 9.17) is 0 Å². The molecule has 0 saturated carbocycles. The van der Waals surface area contributed by atoms with Crippen LogP contribution in [-0.2, 0) is 13.0 Å². The van der Waals surface area contributed by atoms with E-state index in [1.165, 1.54) is 48.8 Å². The average Bonchev–Trinajstić information content (AvgIpc) is 2.74. The van der Waals surface area contributed by atoms with E-state index in [2.05, 4.69) is 21.1 Å². The van der Waals surface area contributed by atoms with Gasteiger partial charge in [0, 0.05) is 36.5 Å². The third-order valence-electron chi connectivity index (χ3n) is 3.27. The molecule has 1 fully saturated rings. The van der Waals surface area contributed by atoms with Crippen LogP contribution >= 0.6 is 11.8 Å². The van der Waals surface area contributed by atoms with Gasteiger partial charge in [0.1, 0.15) is 5.82 Å². The van der Waals surface area contributed by atoms with Gasteiger partial charge in [0.2, 0.25) is 0 Å². The van der Waals surface area contributed by atoms with Gasteiger partial charge < -0.3 is 9.88 Å². The van der Waals surface area contributed by atoms with Gasteiger partial charge in [-0.3, -0.25) is 0 Å². The highest BCUT2D eigenvalue weighted by Gasteiger charge is 2.22. The smallest absolute Gasteiger partial charge is 0.126 e. The second-order valence-electron chi connectivity index (χ2n) is 4.30. The van der Waals surface area contributed by atoms with Crippen molar-refractivity contribution in [3.05, 3.63) is 17.7 Å². The first kappa shape index (κ1) is 9.73. The van der Waals surface area contributed by atoms with Crippen LogP contribution in [0.2, 0.25) is 0 Å². The van der Waals surface area contributed by atoms with Crippen molar-refractivity contribution in [2.45, 2.75) is 31.8 Å². The van der Waals surface area contributed by atoms with Crippen LogP contribution in [0.3, 0.4) is 0 Å². The molecule has 2 aliphatic heterocycles. The lowest BCUT2D eigenvalue weighted by Crippen LogP contribution is -2.33. The molecule has 1 saturated heterocycles. The molecule has 1 unspecified atom stereocenters. The highest BCUT2D eigenvalue weighted by molar-refractivity contribution is 7.99. The summed E-state index contributed by atoms with van der Waals surface area (Å²) in [7, 11) is 0. The van der Waals surface area contributed by atoms with Crippen molar-refractivity contribution in [2.24, 2.45) is 0 Å². The number of aromatic nitrogens is 2. The number of fused-ring (bicyclic) bond motifs is 1. The summed E-state index contributed by atoms with van der Waals surface area (Å²) in [5.41, 5.74) is 1.44. The lowest BCUT2D eigenvalue weighted by molar-refractivity contribution is 0.472. The van der Waals surface area contributed by atoms with Crippen LogP contribution in [0.1, 0.15) is 30.4 Å². The van der Waals surface area contributed by atoms with E-state index in [0.29, 0.717) is 6.04 Å². The fraction of sp³-hybridized carbons (Fsp3) is 0.727. The van der Waals surface area contributed by atoms with Gasteiger partial charge in [0.15, 0.2) is 0 Å². The van der Waals surface area contributed by atoms with Crippen LogP contribution in [0, 0.1) is 0 Å². The SMILES string of the molecule is c1nc(C2CSCCN2)n2c1CCCC2. The fourth-order valence-corrected chi connectivity index (χ4v) is 3.40. The Labute approximate surface area is 94.7 Å². The maximum absolute atomic E-state index is 4.61. The number of thioether (sulfide) groups is 1. The largest absolute Gasteiger partial charge is 0.331 e. The van der Waals surface area contributed by atoms with Crippen LogP contribution in [0.4, 0.5) is 0 Å². The Morgan fingerprint density at radius 3 is 3.33 bits per heavy atom. The predicted molar refractivity (Wildman–Crippen MR) is 63.2 cm³/mol. The molecule has 15 heavy (non-hydrogen) atoms. The van der Waals surface area contributed by atoms with Crippen molar-refractivity contribution in [1.29, 1.82) is 0 Å². The third kappa shape index (κ3) is 1.81. The minimum atomic E-state index is 0.482. The summed E-state index contributed by atoms with van der Waals surface area (Å²) < 4.78 is 2.44. The summed E-state index contributed by atoms with van der Waals surface area (Å²) in [4.78, 5) is 4.61. The van der Waals surface area contributed by atoms with Gasteiger partial charge in [-0.15, -0.1) is 0 Å². The Balaban J connectivity index is 1.87. The quantitative estimate of drug-likeness (QED) is 0.784. The molecule has 0 aliphatic carbocycles. The first-order valence-electron chi connectivity index (χ1n) is 5.80. The normalized spacial score (nSPS) is 26.3. The molecular weight excluding hydrogens is 206 g/mol. The summed E-state index contributed by atoms with van der Waals surface area (Å²) in [5, 5.41) is 3.57. The Kier molecular flexibility index (Phi) is 2.71. The zero-order chi connectivity index (χ0) is 10.1. The second kappa shape index (κ2) is 4.18. The van der Waals surface area contributed by atoms with Crippen LogP contribution in [-0.4, -0.2) is 27.6 Å². The number of nitrogens with zero attached hydrogens (tertiary/aromatic N) is 2. The van der Waals surface area contributed by atoms with Crippen LogP contribution < -0.4 is 5.32 Å². The monoisotopic (exact) mass is 223 g/mol.